The maximum atomic E-state index is 12.6. The van der Waals surface area contributed by atoms with E-state index >= 15 is 0 Å². The van der Waals surface area contributed by atoms with Gasteiger partial charge in [0.05, 0.1) is 11.6 Å². The molecule has 0 unspecified atom stereocenters. The van der Waals surface area contributed by atoms with Crippen molar-refractivity contribution in [3.05, 3.63) is 42.1 Å². The van der Waals surface area contributed by atoms with Crippen LogP contribution in [0.5, 0.6) is 0 Å². The zero-order valence-corrected chi connectivity index (χ0v) is 13.9. The first-order valence-electron chi connectivity index (χ1n) is 9.02. The molecule has 4 heteroatoms. The SMILES string of the molecule is O=C(C1CCCC1)N1C[C@@H](Cc2ccnc3ccccc23)[C@@H](O)C1. The van der Waals surface area contributed by atoms with Gasteiger partial charge in [-0.05, 0) is 37.0 Å². The van der Waals surface area contributed by atoms with Gasteiger partial charge in [-0.3, -0.25) is 9.78 Å². The molecule has 1 amide bonds. The molecule has 1 N–H and O–H groups in total. The fourth-order valence-corrected chi connectivity index (χ4v) is 4.28. The van der Waals surface area contributed by atoms with Crippen molar-refractivity contribution >= 4 is 16.8 Å². The summed E-state index contributed by atoms with van der Waals surface area (Å²) in [6.45, 7) is 1.16. The van der Waals surface area contributed by atoms with Crippen LogP contribution in [0.2, 0.25) is 0 Å². The average Bonchev–Trinajstić information content (AvgIpc) is 3.25. The number of carbonyl (C=O) groups is 1. The Balaban J connectivity index is 1.49. The highest BCUT2D eigenvalue weighted by molar-refractivity contribution is 5.82. The molecular weight excluding hydrogens is 300 g/mol. The first kappa shape index (κ1) is 15.6. The molecule has 0 radical (unpaired) electrons. The maximum Gasteiger partial charge on any atom is 0.225 e. The summed E-state index contributed by atoms with van der Waals surface area (Å²) in [5.41, 5.74) is 2.20. The minimum atomic E-state index is -0.428. The summed E-state index contributed by atoms with van der Waals surface area (Å²) in [5.74, 6) is 0.563. The molecule has 2 fully saturated rings. The van der Waals surface area contributed by atoms with Gasteiger partial charge in [-0.1, -0.05) is 31.0 Å². The number of likely N-dealkylation sites (tertiary alicyclic amines) is 1. The van der Waals surface area contributed by atoms with Gasteiger partial charge in [-0.2, -0.15) is 0 Å². The fraction of sp³-hybridized carbons (Fsp3) is 0.500. The molecule has 1 saturated carbocycles. The lowest BCUT2D eigenvalue weighted by molar-refractivity contribution is -0.134. The van der Waals surface area contributed by atoms with Crippen molar-refractivity contribution in [3.63, 3.8) is 0 Å². The Kier molecular flexibility index (Phi) is 4.23. The number of amides is 1. The van der Waals surface area contributed by atoms with Crippen LogP contribution < -0.4 is 0 Å². The molecule has 126 valence electrons. The van der Waals surface area contributed by atoms with Crippen molar-refractivity contribution in [2.75, 3.05) is 13.1 Å². The van der Waals surface area contributed by atoms with Crippen molar-refractivity contribution in [2.24, 2.45) is 11.8 Å². The molecule has 2 atom stereocenters. The van der Waals surface area contributed by atoms with Gasteiger partial charge >= 0.3 is 0 Å². The van der Waals surface area contributed by atoms with Gasteiger partial charge < -0.3 is 10.0 Å². The van der Waals surface area contributed by atoms with Crippen LogP contribution in [0.3, 0.4) is 0 Å². The zero-order chi connectivity index (χ0) is 16.5. The predicted octanol–water partition coefficient (Wildman–Crippen LogP) is 2.79. The number of hydrogen-bond acceptors (Lipinski definition) is 3. The first-order chi connectivity index (χ1) is 11.7. The van der Waals surface area contributed by atoms with Gasteiger partial charge in [0.2, 0.25) is 5.91 Å². The van der Waals surface area contributed by atoms with Crippen LogP contribution in [-0.2, 0) is 11.2 Å². The van der Waals surface area contributed by atoms with Crippen molar-refractivity contribution in [1.82, 2.24) is 9.88 Å². The quantitative estimate of drug-likeness (QED) is 0.944. The maximum absolute atomic E-state index is 12.6. The Morgan fingerprint density at radius 2 is 1.96 bits per heavy atom. The van der Waals surface area contributed by atoms with Crippen LogP contribution in [0.4, 0.5) is 0 Å². The number of para-hydroxylation sites is 1. The van der Waals surface area contributed by atoms with Crippen molar-refractivity contribution in [3.8, 4) is 0 Å². The fourth-order valence-electron chi connectivity index (χ4n) is 4.28. The van der Waals surface area contributed by atoms with Gasteiger partial charge in [0, 0.05) is 36.5 Å². The number of benzene rings is 1. The van der Waals surface area contributed by atoms with Gasteiger partial charge in [0.25, 0.3) is 0 Å². The van der Waals surface area contributed by atoms with Crippen LogP contribution >= 0.6 is 0 Å². The molecule has 2 aromatic rings. The number of pyridine rings is 1. The number of β-amino-alcohol motifs (C(OH)–C–C–N with tert-alkyl or cyclic N) is 1. The Bertz CT molecular complexity index is 734. The topological polar surface area (TPSA) is 53.4 Å². The molecule has 1 saturated heterocycles. The van der Waals surface area contributed by atoms with Crippen molar-refractivity contribution in [2.45, 2.75) is 38.2 Å². The highest BCUT2D eigenvalue weighted by atomic mass is 16.3. The summed E-state index contributed by atoms with van der Waals surface area (Å²) < 4.78 is 0. The van der Waals surface area contributed by atoms with Crippen molar-refractivity contribution in [1.29, 1.82) is 0 Å². The molecule has 2 aliphatic rings. The van der Waals surface area contributed by atoms with Gasteiger partial charge in [-0.25, -0.2) is 0 Å². The molecule has 2 heterocycles. The molecular formula is C20H24N2O2. The van der Waals surface area contributed by atoms with E-state index in [2.05, 4.69) is 11.1 Å². The lowest BCUT2D eigenvalue weighted by Gasteiger charge is -2.20. The molecule has 4 nitrogen and oxygen atoms in total. The third-order valence-electron chi connectivity index (χ3n) is 5.64. The minimum absolute atomic E-state index is 0.112. The second-order valence-corrected chi connectivity index (χ2v) is 7.24. The summed E-state index contributed by atoms with van der Waals surface area (Å²) in [4.78, 5) is 18.9. The van der Waals surface area contributed by atoms with E-state index in [-0.39, 0.29) is 17.7 Å². The standard InChI is InChI=1S/C20H24N2O2/c23-19-13-22(20(24)14-5-1-2-6-14)12-16(19)11-15-9-10-21-18-8-4-3-7-17(15)18/h3-4,7-10,14,16,19,23H,1-2,5-6,11-13H2/t16-,19+/m1/s1. The number of aliphatic hydroxyl groups is 1. The van der Waals surface area contributed by atoms with Gasteiger partial charge in [-0.15, -0.1) is 0 Å². The summed E-state index contributed by atoms with van der Waals surface area (Å²) in [6.07, 6.45) is 6.57. The second-order valence-electron chi connectivity index (χ2n) is 7.24. The normalized spacial score (nSPS) is 24.8. The molecule has 1 aromatic carbocycles. The Hall–Kier alpha value is -1.94. The van der Waals surface area contributed by atoms with Crippen LogP contribution in [0, 0.1) is 11.8 Å². The molecule has 24 heavy (non-hydrogen) atoms. The second kappa shape index (κ2) is 6.52. The predicted molar refractivity (Wildman–Crippen MR) is 93.5 cm³/mol. The Morgan fingerprint density at radius 1 is 1.17 bits per heavy atom. The number of aromatic nitrogens is 1. The van der Waals surface area contributed by atoms with E-state index in [1.807, 2.05) is 35.4 Å². The van der Waals surface area contributed by atoms with Crippen LogP contribution in [0.15, 0.2) is 36.5 Å². The van der Waals surface area contributed by atoms with E-state index in [0.717, 1.165) is 30.2 Å². The molecule has 1 aliphatic carbocycles. The molecule has 0 spiro atoms. The van der Waals surface area contributed by atoms with Crippen LogP contribution in [0.25, 0.3) is 10.9 Å². The summed E-state index contributed by atoms with van der Waals surface area (Å²) in [7, 11) is 0. The summed E-state index contributed by atoms with van der Waals surface area (Å²) in [6, 6.07) is 10.1. The highest BCUT2D eigenvalue weighted by Crippen LogP contribution is 2.30. The van der Waals surface area contributed by atoms with E-state index in [1.165, 1.54) is 18.4 Å². The number of rotatable bonds is 3. The number of carbonyl (C=O) groups excluding carboxylic acids is 1. The largest absolute Gasteiger partial charge is 0.391 e. The smallest absolute Gasteiger partial charge is 0.225 e. The number of hydrogen-bond donors (Lipinski definition) is 1. The Labute approximate surface area is 142 Å². The average molecular weight is 324 g/mol. The van der Waals surface area contributed by atoms with Crippen LogP contribution in [-0.4, -0.2) is 40.1 Å². The van der Waals surface area contributed by atoms with Gasteiger partial charge in [0.15, 0.2) is 0 Å². The lowest BCUT2D eigenvalue weighted by atomic mass is 9.94. The molecule has 0 bridgehead atoms. The van der Waals surface area contributed by atoms with E-state index in [9.17, 15) is 9.90 Å². The summed E-state index contributed by atoms with van der Waals surface area (Å²) in [5, 5.41) is 11.6. The monoisotopic (exact) mass is 324 g/mol. The van der Waals surface area contributed by atoms with Crippen molar-refractivity contribution < 1.29 is 9.90 Å². The third-order valence-corrected chi connectivity index (χ3v) is 5.64. The van der Waals surface area contributed by atoms with Crippen LogP contribution in [0.1, 0.15) is 31.2 Å². The lowest BCUT2D eigenvalue weighted by Crippen LogP contribution is -2.34. The highest BCUT2D eigenvalue weighted by Gasteiger charge is 2.37. The number of nitrogens with zero attached hydrogens (tertiary/aromatic N) is 2. The summed E-state index contributed by atoms with van der Waals surface area (Å²) >= 11 is 0. The molecule has 1 aliphatic heterocycles. The molecule has 1 aromatic heterocycles. The minimum Gasteiger partial charge on any atom is -0.391 e. The van der Waals surface area contributed by atoms with E-state index in [4.69, 9.17) is 0 Å². The Morgan fingerprint density at radius 3 is 2.79 bits per heavy atom. The first-order valence-corrected chi connectivity index (χ1v) is 9.02. The van der Waals surface area contributed by atoms with E-state index in [1.54, 1.807) is 0 Å². The van der Waals surface area contributed by atoms with E-state index in [0.29, 0.717) is 13.1 Å². The van der Waals surface area contributed by atoms with Gasteiger partial charge in [0.1, 0.15) is 0 Å². The number of fused-ring (bicyclic) bond motifs is 1. The number of aliphatic hydroxyl groups excluding tert-OH is 1. The zero-order valence-electron chi connectivity index (χ0n) is 13.9. The molecule has 4 rings (SSSR count). The third kappa shape index (κ3) is 2.91. The van der Waals surface area contributed by atoms with E-state index < -0.39 is 6.10 Å².